The van der Waals surface area contributed by atoms with Gasteiger partial charge in [-0.05, 0) is 36.4 Å². The maximum atomic E-state index is 12.7. The van der Waals surface area contributed by atoms with Gasteiger partial charge in [0.25, 0.3) is 5.88 Å². The van der Waals surface area contributed by atoms with Gasteiger partial charge in [-0.3, -0.25) is 0 Å². The zero-order chi connectivity index (χ0) is 21.2. The summed E-state index contributed by atoms with van der Waals surface area (Å²) in [6.07, 6.45) is -9.33. The Balaban J connectivity index is 1.85. The van der Waals surface area contributed by atoms with Crippen molar-refractivity contribution >= 4 is 15.9 Å². The summed E-state index contributed by atoms with van der Waals surface area (Å²) in [5, 5.41) is 8.34. The number of alkyl halides is 7. The molecule has 0 aliphatic rings. The summed E-state index contributed by atoms with van der Waals surface area (Å²) in [5.41, 5.74) is -0.302. The van der Waals surface area contributed by atoms with Crippen LogP contribution in [-0.2, 0) is 11.5 Å². The van der Waals surface area contributed by atoms with Crippen molar-refractivity contribution in [1.82, 2.24) is 15.0 Å². The van der Waals surface area contributed by atoms with E-state index in [0.717, 1.165) is 29.1 Å². The Morgan fingerprint density at radius 2 is 1.55 bits per heavy atom. The molecule has 0 amide bonds. The second kappa shape index (κ2) is 7.93. The van der Waals surface area contributed by atoms with Gasteiger partial charge in [0.05, 0.1) is 16.6 Å². The molecule has 1 heterocycles. The molecule has 0 unspecified atom stereocenters. The number of halogens is 7. The fraction of sp³-hybridized carbons (Fsp3) is 0.176. The number of benzene rings is 2. The van der Waals surface area contributed by atoms with Crippen LogP contribution < -0.4 is 9.47 Å². The summed E-state index contributed by atoms with van der Waals surface area (Å²) in [4.78, 5) is 1.06. The van der Waals surface area contributed by atoms with E-state index in [2.05, 4.69) is 30.9 Å². The van der Waals surface area contributed by atoms with Gasteiger partial charge in [0.1, 0.15) is 17.2 Å². The van der Waals surface area contributed by atoms with E-state index in [1.807, 2.05) is 0 Å². The van der Waals surface area contributed by atoms with Gasteiger partial charge in [0, 0.05) is 6.07 Å². The van der Waals surface area contributed by atoms with Gasteiger partial charge in [0.15, 0.2) is 0 Å². The van der Waals surface area contributed by atoms with Crippen LogP contribution >= 0.6 is 15.9 Å². The van der Waals surface area contributed by atoms with E-state index < -0.39 is 23.9 Å². The Hall–Kier alpha value is -2.76. The smallest absolute Gasteiger partial charge is 0.436 e. The van der Waals surface area contributed by atoms with E-state index in [4.69, 9.17) is 4.74 Å². The summed E-state index contributed by atoms with van der Waals surface area (Å²) in [6, 6.07) is 8.93. The van der Waals surface area contributed by atoms with E-state index in [9.17, 15) is 26.3 Å². The summed E-state index contributed by atoms with van der Waals surface area (Å²) < 4.78 is 84.4. The van der Waals surface area contributed by atoms with Crippen molar-refractivity contribution in [2.75, 3.05) is 0 Å². The van der Waals surface area contributed by atoms with Crippen LogP contribution in [0.3, 0.4) is 0 Å². The Morgan fingerprint density at radius 1 is 0.897 bits per heavy atom. The average molecular weight is 482 g/mol. The van der Waals surface area contributed by atoms with Crippen molar-refractivity contribution in [2.45, 2.75) is 17.9 Å². The Labute approximate surface area is 168 Å². The summed E-state index contributed by atoms with van der Waals surface area (Å²) in [6.45, 7) is 0. The molecular formula is C17H10BrF6N3O2. The third-order valence-corrected chi connectivity index (χ3v) is 3.98. The minimum absolute atomic E-state index is 0.00780. The Kier molecular flexibility index (Phi) is 5.73. The molecule has 3 rings (SSSR count). The highest BCUT2D eigenvalue weighted by atomic mass is 79.9. The third-order valence-electron chi connectivity index (χ3n) is 3.45. The summed E-state index contributed by atoms with van der Waals surface area (Å²) in [5.74, 6) is -0.509. The standard InChI is InChI=1S/C17H10BrF6N3O2/c18-9-14-15(28-12-2-1-3-13(8-12)29-17(22,23)24)26-27(25-14)11-6-4-10(5-7-11)16(19,20)21/h1-8H,9H2. The quantitative estimate of drug-likeness (QED) is 0.337. The van der Waals surface area contributed by atoms with Gasteiger partial charge < -0.3 is 9.47 Å². The fourth-order valence-corrected chi connectivity index (χ4v) is 2.58. The predicted molar refractivity (Wildman–Crippen MR) is 92.2 cm³/mol. The maximum absolute atomic E-state index is 12.7. The minimum Gasteiger partial charge on any atom is -0.436 e. The first-order valence-electron chi connectivity index (χ1n) is 7.78. The van der Waals surface area contributed by atoms with Gasteiger partial charge in [-0.15, -0.1) is 28.2 Å². The minimum atomic E-state index is -4.86. The first-order valence-corrected chi connectivity index (χ1v) is 8.91. The number of hydrogen-bond acceptors (Lipinski definition) is 4. The van der Waals surface area contributed by atoms with Crippen molar-refractivity contribution < 1.29 is 35.8 Å². The maximum Gasteiger partial charge on any atom is 0.573 e. The normalized spacial score (nSPS) is 12.1. The van der Waals surface area contributed by atoms with E-state index in [1.54, 1.807) is 0 Å². The van der Waals surface area contributed by atoms with E-state index in [-0.39, 0.29) is 28.3 Å². The van der Waals surface area contributed by atoms with E-state index in [1.165, 1.54) is 24.3 Å². The molecule has 0 N–H and O–H groups in total. The van der Waals surface area contributed by atoms with Gasteiger partial charge >= 0.3 is 12.5 Å². The molecule has 0 aliphatic carbocycles. The van der Waals surface area contributed by atoms with Crippen molar-refractivity contribution in [3.05, 3.63) is 59.8 Å². The second-order valence-corrected chi connectivity index (χ2v) is 6.11. The number of ether oxygens (including phenoxy) is 2. The largest absolute Gasteiger partial charge is 0.573 e. The Bertz CT molecular complexity index is 986. The van der Waals surface area contributed by atoms with Gasteiger partial charge in [0.2, 0.25) is 0 Å². The van der Waals surface area contributed by atoms with Gasteiger partial charge in [-0.1, -0.05) is 22.0 Å². The first-order chi connectivity index (χ1) is 13.5. The molecular weight excluding hydrogens is 472 g/mol. The molecule has 5 nitrogen and oxygen atoms in total. The molecule has 0 radical (unpaired) electrons. The van der Waals surface area contributed by atoms with Crippen molar-refractivity contribution in [3.8, 4) is 23.1 Å². The lowest BCUT2D eigenvalue weighted by Crippen LogP contribution is -2.17. The van der Waals surface area contributed by atoms with E-state index >= 15 is 0 Å². The number of hydrogen-bond donors (Lipinski definition) is 0. The number of nitrogens with zero attached hydrogens (tertiary/aromatic N) is 3. The third kappa shape index (κ3) is 5.40. The first kappa shape index (κ1) is 21.0. The van der Waals surface area contributed by atoms with Gasteiger partial charge in [-0.25, -0.2) is 0 Å². The molecule has 1 aromatic heterocycles. The zero-order valence-corrected chi connectivity index (χ0v) is 15.7. The van der Waals surface area contributed by atoms with Crippen LogP contribution in [0.15, 0.2) is 48.5 Å². The van der Waals surface area contributed by atoms with Crippen LogP contribution in [0, 0.1) is 0 Å². The fourth-order valence-electron chi connectivity index (χ4n) is 2.23. The van der Waals surface area contributed by atoms with Crippen LogP contribution in [0.2, 0.25) is 0 Å². The molecule has 0 aliphatic heterocycles. The molecule has 3 aromatic rings. The van der Waals surface area contributed by atoms with Crippen molar-refractivity contribution in [2.24, 2.45) is 0 Å². The average Bonchev–Trinajstić information content (AvgIpc) is 3.03. The molecule has 154 valence electrons. The monoisotopic (exact) mass is 481 g/mol. The van der Waals surface area contributed by atoms with Crippen LogP contribution in [0.5, 0.6) is 17.4 Å². The molecule has 0 spiro atoms. The lowest BCUT2D eigenvalue weighted by Gasteiger charge is -2.10. The highest BCUT2D eigenvalue weighted by Crippen LogP contribution is 2.31. The predicted octanol–water partition coefficient (Wildman–Crippen LogP) is 5.87. The topological polar surface area (TPSA) is 49.2 Å². The lowest BCUT2D eigenvalue weighted by atomic mass is 10.2. The SMILES string of the molecule is FC(F)(F)Oc1cccc(Oc2nn(-c3ccc(C(F)(F)F)cc3)nc2CBr)c1. The van der Waals surface area contributed by atoms with E-state index in [0.29, 0.717) is 0 Å². The number of aromatic nitrogens is 3. The highest BCUT2D eigenvalue weighted by molar-refractivity contribution is 9.08. The van der Waals surface area contributed by atoms with Crippen LogP contribution in [-0.4, -0.2) is 21.4 Å². The molecule has 12 heteroatoms. The Morgan fingerprint density at radius 3 is 2.14 bits per heavy atom. The van der Waals surface area contributed by atoms with Crippen molar-refractivity contribution in [1.29, 1.82) is 0 Å². The summed E-state index contributed by atoms with van der Waals surface area (Å²) >= 11 is 3.18. The molecule has 0 fully saturated rings. The molecule has 0 saturated carbocycles. The molecule has 2 aromatic carbocycles. The van der Waals surface area contributed by atoms with Crippen LogP contribution in [0.1, 0.15) is 11.3 Å². The lowest BCUT2D eigenvalue weighted by molar-refractivity contribution is -0.274. The second-order valence-electron chi connectivity index (χ2n) is 5.54. The number of rotatable bonds is 5. The molecule has 0 bridgehead atoms. The van der Waals surface area contributed by atoms with Crippen LogP contribution in [0.25, 0.3) is 5.69 Å². The van der Waals surface area contributed by atoms with Crippen molar-refractivity contribution in [3.63, 3.8) is 0 Å². The highest BCUT2D eigenvalue weighted by Gasteiger charge is 2.31. The molecule has 0 atom stereocenters. The molecule has 0 saturated heterocycles. The molecule has 29 heavy (non-hydrogen) atoms. The zero-order valence-electron chi connectivity index (χ0n) is 14.1. The van der Waals surface area contributed by atoms with Crippen LogP contribution in [0.4, 0.5) is 26.3 Å². The summed E-state index contributed by atoms with van der Waals surface area (Å²) in [7, 11) is 0. The van der Waals surface area contributed by atoms with Gasteiger partial charge in [-0.2, -0.15) is 13.2 Å².